The number of aryl methyl sites for hydroxylation is 2. The fourth-order valence-electron chi connectivity index (χ4n) is 1.47. The Morgan fingerprint density at radius 3 is 2.78 bits per heavy atom. The fraction of sp³-hybridized carbons (Fsp3) is 0.250. The third-order valence-corrected chi connectivity index (χ3v) is 2.28. The van der Waals surface area contributed by atoms with Gasteiger partial charge >= 0.3 is 5.97 Å². The summed E-state index contributed by atoms with van der Waals surface area (Å²) in [7, 11) is 0. The second-order valence-corrected chi connectivity index (χ2v) is 3.81. The molecule has 1 N–H and O–H groups in total. The molecule has 0 saturated heterocycles. The van der Waals surface area contributed by atoms with E-state index >= 15 is 0 Å². The molecule has 0 saturated carbocycles. The van der Waals surface area contributed by atoms with Crippen molar-refractivity contribution in [2.45, 2.75) is 20.5 Å². The number of carboxylic acids is 1. The number of hydrogen-bond acceptors (Lipinski definition) is 5. The summed E-state index contributed by atoms with van der Waals surface area (Å²) >= 11 is 0. The highest BCUT2D eigenvalue weighted by Gasteiger charge is 2.12. The van der Waals surface area contributed by atoms with E-state index in [9.17, 15) is 4.79 Å². The molecule has 0 aliphatic rings. The van der Waals surface area contributed by atoms with Crippen molar-refractivity contribution in [3.63, 3.8) is 0 Å². The molecule has 0 aliphatic heterocycles. The Bertz CT molecular complexity index is 577. The number of hydrogen-bond donors (Lipinski definition) is 1. The molecular weight excluding hydrogens is 236 g/mol. The highest BCUT2D eigenvalue weighted by atomic mass is 16.5. The van der Waals surface area contributed by atoms with Crippen LogP contribution >= 0.6 is 0 Å². The first-order chi connectivity index (χ1) is 8.56. The van der Waals surface area contributed by atoms with Gasteiger partial charge in [0, 0.05) is 6.92 Å². The SMILES string of the molecule is Cc1ccc(OCc2nnc(C)o2)c(C(=O)O)c1. The minimum Gasteiger partial charge on any atom is -0.483 e. The second kappa shape index (κ2) is 4.87. The molecule has 6 heteroatoms. The zero-order chi connectivity index (χ0) is 13.1. The highest BCUT2D eigenvalue weighted by Crippen LogP contribution is 2.21. The predicted octanol–water partition coefficient (Wildman–Crippen LogP) is 1.96. The Morgan fingerprint density at radius 2 is 2.17 bits per heavy atom. The van der Waals surface area contributed by atoms with Crippen LogP contribution in [0, 0.1) is 13.8 Å². The molecule has 0 radical (unpaired) electrons. The van der Waals surface area contributed by atoms with E-state index in [1.54, 1.807) is 25.1 Å². The molecule has 94 valence electrons. The van der Waals surface area contributed by atoms with Gasteiger partial charge in [0.1, 0.15) is 11.3 Å². The molecule has 0 atom stereocenters. The number of carboxylic acid groups (broad SMARTS) is 1. The van der Waals surface area contributed by atoms with E-state index in [-0.39, 0.29) is 17.9 Å². The third-order valence-electron chi connectivity index (χ3n) is 2.28. The van der Waals surface area contributed by atoms with Crippen LogP contribution in [-0.2, 0) is 6.61 Å². The van der Waals surface area contributed by atoms with E-state index in [0.29, 0.717) is 11.8 Å². The van der Waals surface area contributed by atoms with Crippen molar-refractivity contribution in [1.82, 2.24) is 10.2 Å². The van der Waals surface area contributed by atoms with Gasteiger partial charge in [-0.25, -0.2) is 4.79 Å². The van der Waals surface area contributed by atoms with Crippen LogP contribution in [0.4, 0.5) is 0 Å². The first kappa shape index (κ1) is 12.1. The lowest BCUT2D eigenvalue weighted by Gasteiger charge is -2.07. The maximum Gasteiger partial charge on any atom is 0.339 e. The molecule has 6 nitrogen and oxygen atoms in total. The van der Waals surface area contributed by atoms with Crippen LogP contribution in [0.15, 0.2) is 22.6 Å². The number of carbonyl (C=O) groups is 1. The van der Waals surface area contributed by atoms with Gasteiger partial charge in [0.2, 0.25) is 5.89 Å². The normalized spacial score (nSPS) is 10.3. The van der Waals surface area contributed by atoms with Gasteiger partial charge in [-0.3, -0.25) is 0 Å². The van der Waals surface area contributed by atoms with Crippen LogP contribution in [0.1, 0.15) is 27.7 Å². The lowest BCUT2D eigenvalue weighted by atomic mass is 10.1. The molecule has 1 aromatic heterocycles. The van der Waals surface area contributed by atoms with Crippen LogP contribution in [0.25, 0.3) is 0 Å². The fourth-order valence-corrected chi connectivity index (χ4v) is 1.47. The van der Waals surface area contributed by atoms with Crippen molar-refractivity contribution in [2.75, 3.05) is 0 Å². The van der Waals surface area contributed by atoms with Crippen molar-refractivity contribution >= 4 is 5.97 Å². The Kier molecular flexibility index (Phi) is 3.27. The molecule has 0 spiro atoms. The quantitative estimate of drug-likeness (QED) is 0.890. The van der Waals surface area contributed by atoms with Crippen LogP contribution in [0.3, 0.4) is 0 Å². The molecule has 2 rings (SSSR count). The monoisotopic (exact) mass is 248 g/mol. The van der Waals surface area contributed by atoms with Crippen LogP contribution in [-0.4, -0.2) is 21.3 Å². The summed E-state index contributed by atoms with van der Waals surface area (Å²) in [5.74, 6) is -0.000240. The number of nitrogens with zero attached hydrogens (tertiary/aromatic N) is 2. The molecular formula is C12H12N2O4. The molecule has 0 amide bonds. The molecule has 18 heavy (non-hydrogen) atoms. The molecule has 0 aliphatic carbocycles. The molecule has 0 bridgehead atoms. The number of rotatable bonds is 4. The zero-order valence-electron chi connectivity index (χ0n) is 10.0. The standard InChI is InChI=1S/C12H12N2O4/c1-7-3-4-10(9(5-7)12(15)16)17-6-11-14-13-8(2)18-11/h3-5H,6H2,1-2H3,(H,15,16). The van der Waals surface area contributed by atoms with Gasteiger partial charge in [0.25, 0.3) is 5.89 Å². The van der Waals surface area contributed by atoms with Crippen LogP contribution < -0.4 is 4.74 Å². The molecule has 1 aromatic carbocycles. The second-order valence-electron chi connectivity index (χ2n) is 3.81. The maximum atomic E-state index is 11.1. The number of aromatic nitrogens is 2. The Hall–Kier alpha value is -2.37. The average molecular weight is 248 g/mol. The van der Waals surface area contributed by atoms with Gasteiger partial charge in [0.05, 0.1) is 0 Å². The number of aromatic carboxylic acids is 1. The zero-order valence-corrected chi connectivity index (χ0v) is 10.0. The molecule has 0 unspecified atom stereocenters. The number of ether oxygens (including phenoxy) is 1. The van der Waals surface area contributed by atoms with Crippen LogP contribution in [0.2, 0.25) is 0 Å². The van der Waals surface area contributed by atoms with Gasteiger partial charge in [-0.15, -0.1) is 10.2 Å². The van der Waals surface area contributed by atoms with E-state index in [2.05, 4.69) is 10.2 Å². The minimum atomic E-state index is -1.03. The average Bonchev–Trinajstić information content (AvgIpc) is 2.73. The topological polar surface area (TPSA) is 85.5 Å². The summed E-state index contributed by atoms with van der Waals surface area (Å²) in [5.41, 5.74) is 0.972. The smallest absolute Gasteiger partial charge is 0.339 e. The van der Waals surface area contributed by atoms with Crippen LogP contribution in [0.5, 0.6) is 5.75 Å². The van der Waals surface area contributed by atoms with E-state index in [0.717, 1.165) is 5.56 Å². The van der Waals surface area contributed by atoms with Crippen molar-refractivity contribution in [2.24, 2.45) is 0 Å². The summed E-state index contributed by atoms with van der Waals surface area (Å²) in [6.07, 6.45) is 0. The van der Waals surface area contributed by atoms with Crippen molar-refractivity contribution < 1.29 is 19.1 Å². The lowest BCUT2D eigenvalue weighted by molar-refractivity contribution is 0.0691. The Morgan fingerprint density at radius 1 is 1.39 bits per heavy atom. The van der Waals surface area contributed by atoms with Gasteiger partial charge < -0.3 is 14.3 Å². The minimum absolute atomic E-state index is 0.0458. The van der Waals surface area contributed by atoms with Gasteiger partial charge in [-0.2, -0.15) is 0 Å². The first-order valence-corrected chi connectivity index (χ1v) is 5.32. The van der Waals surface area contributed by atoms with E-state index in [4.69, 9.17) is 14.3 Å². The van der Waals surface area contributed by atoms with Gasteiger partial charge in [-0.1, -0.05) is 11.6 Å². The van der Waals surface area contributed by atoms with Crippen molar-refractivity contribution in [3.05, 3.63) is 41.1 Å². The Balaban J connectivity index is 2.16. The molecule has 1 heterocycles. The van der Waals surface area contributed by atoms with E-state index < -0.39 is 5.97 Å². The maximum absolute atomic E-state index is 11.1. The third kappa shape index (κ3) is 2.65. The molecule has 2 aromatic rings. The highest BCUT2D eigenvalue weighted by molar-refractivity contribution is 5.91. The van der Waals surface area contributed by atoms with Gasteiger partial charge in [0.15, 0.2) is 6.61 Å². The Labute approximate surface area is 103 Å². The van der Waals surface area contributed by atoms with Crippen molar-refractivity contribution in [3.8, 4) is 5.75 Å². The summed E-state index contributed by atoms with van der Waals surface area (Å²) in [6.45, 7) is 3.53. The van der Waals surface area contributed by atoms with Gasteiger partial charge in [-0.05, 0) is 19.1 Å². The predicted molar refractivity (Wildman–Crippen MR) is 61.5 cm³/mol. The largest absolute Gasteiger partial charge is 0.483 e. The summed E-state index contributed by atoms with van der Waals surface area (Å²) < 4.78 is 10.5. The van der Waals surface area contributed by atoms with E-state index in [1.165, 1.54) is 0 Å². The number of benzene rings is 1. The summed E-state index contributed by atoms with van der Waals surface area (Å²) in [4.78, 5) is 11.1. The first-order valence-electron chi connectivity index (χ1n) is 5.32. The molecule has 0 fully saturated rings. The van der Waals surface area contributed by atoms with Crippen molar-refractivity contribution in [1.29, 1.82) is 0 Å². The lowest BCUT2D eigenvalue weighted by Crippen LogP contribution is -2.04. The summed E-state index contributed by atoms with van der Waals surface area (Å²) in [6, 6.07) is 4.94. The summed E-state index contributed by atoms with van der Waals surface area (Å²) in [5, 5.41) is 16.5. The van der Waals surface area contributed by atoms with E-state index in [1.807, 2.05) is 6.92 Å².